The number of carbonyl (C=O) groups is 1. The van der Waals surface area contributed by atoms with Crippen molar-refractivity contribution >= 4 is 47.1 Å². The molecule has 0 spiro atoms. The van der Waals surface area contributed by atoms with E-state index in [1.54, 1.807) is 25.5 Å². The van der Waals surface area contributed by atoms with Crippen molar-refractivity contribution in [1.82, 2.24) is 15.0 Å². The van der Waals surface area contributed by atoms with Crippen LogP contribution in [0.3, 0.4) is 0 Å². The minimum absolute atomic E-state index is 0.0667. The molecule has 1 N–H and O–H groups in total. The van der Waals surface area contributed by atoms with Crippen molar-refractivity contribution in [3.8, 4) is 11.8 Å². The molecule has 0 aliphatic rings. The molecule has 0 bridgehead atoms. The van der Waals surface area contributed by atoms with E-state index in [0.717, 1.165) is 33.9 Å². The van der Waals surface area contributed by atoms with Crippen molar-refractivity contribution in [2.24, 2.45) is 5.10 Å². The van der Waals surface area contributed by atoms with Gasteiger partial charge in [-0.3, -0.25) is 4.79 Å². The molecule has 2 heterocycles. The maximum Gasteiger partial charge on any atom is 0.250 e. The summed E-state index contributed by atoms with van der Waals surface area (Å²) in [6.45, 7) is 6.07. The molecule has 0 atom stereocenters. The summed E-state index contributed by atoms with van der Waals surface area (Å²) in [6.07, 6.45) is 1.60. The molecule has 0 aliphatic carbocycles. The summed E-state index contributed by atoms with van der Waals surface area (Å²) < 4.78 is 7.19. The van der Waals surface area contributed by atoms with E-state index in [1.807, 2.05) is 43.5 Å². The third kappa shape index (κ3) is 5.99. The van der Waals surface area contributed by atoms with Crippen LogP contribution in [0.15, 0.2) is 40.5 Å². The fourth-order valence-electron chi connectivity index (χ4n) is 3.48. The molecular formula is C24H23Cl2N5O2S. The van der Waals surface area contributed by atoms with E-state index in [0.29, 0.717) is 27.2 Å². The van der Waals surface area contributed by atoms with Gasteiger partial charge in [0.2, 0.25) is 5.91 Å². The second kappa shape index (κ2) is 11.5. The summed E-state index contributed by atoms with van der Waals surface area (Å²) >= 11 is 13.4. The number of aryl methyl sites for hydroxylation is 2. The average molecular weight is 516 g/mol. The summed E-state index contributed by atoms with van der Waals surface area (Å²) in [5, 5.41) is 15.1. The van der Waals surface area contributed by atoms with Crippen LogP contribution in [-0.2, 0) is 16.1 Å². The number of nitrogens with zero attached hydrogens (tertiary/aromatic N) is 4. The summed E-state index contributed by atoms with van der Waals surface area (Å²) in [5.41, 5.74) is 8.12. The first kappa shape index (κ1) is 25.8. The number of nitrogens with one attached hydrogen (secondary N) is 1. The Kier molecular flexibility index (Phi) is 8.75. The number of carbonyl (C=O) groups excluding carboxylic acids is 1. The molecule has 0 unspecified atom stereocenters. The second-order valence-corrected chi connectivity index (χ2v) is 9.27. The third-order valence-electron chi connectivity index (χ3n) is 4.97. The number of hydrogen-bond acceptors (Lipinski definition) is 6. The van der Waals surface area contributed by atoms with Gasteiger partial charge in [-0.1, -0.05) is 35.0 Å². The van der Waals surface area contributed by atoms with Gasteiger partial charge < -0.3 is 9.30 Å². The van der Waals surface area contributed by atoms with Crippen LogP contribution >= 0.6 is 35.0 Å². The van der Waals surface area contributed by atoms with E-state index in [4.69, 9.17) is 27.9 Å². The molecule has 7 nitrogen and oxygen atoms in total. The highest BCUT2D eigenvalue weighted by Gasteiger charge is 2.14. The van der Waals surface area contributed by atoms with Gasteiger partial charge >= 0.3 is 0 Å². The van der Waals surface area contributed by atoms with Crippen LogP contribution < -0.4 is 5.43 Å². The molecule has 34 heavy (non-hydrogen) atoms. The van der Waals surface area contributed by atoms with E-state index in [9.17, 15) is 10.1 Å². The Bertz CT molecular complexity index is 1300. The van der Waals surface area contributed by atoms with Crippen LogP contribution in [0.1, 0.15) is 33.8 Å². The Morgan fingerprint density at radius 1 is 1.26 bits per heavy atom. The predicted molar refractivity (Wildman–Crippen MR) is 136 cm³/mol. The highest BCUT2D eigenvalue weighted by atomic mass is 35.5. The smallest absolute Gasteiger partial charge is 0.250 e. The Balaban J connectivity index is 1.67. The van der Waals surface area contributed by atoms with Crippen LogP contribution in [0, 0.1) is 32.1 Å². The van der Waals surface area contributed by atoms with Crippen molar-refractivity contribution < 1.29 is 9.53 Å². The first-order valence-electron chi connectivity index (χ1n) is 10.2. The zero-order valence-corrected chi connectivity index (χ0v) is 21.5. The molecule has 1 amide bonds. The number of amides is 1. The summed E-state index contributed by atoms with van der Waals surface area (Å²) in [7, 11) is 1.57. The number of halogens is 2. The van der Waals surface area contributed by atoms with E-state index in [-0.39, 0.29) is 11.7 Å². The summed E-state index contributed by atoms with van der Waals surface area (Å²) in [4.78, 5) is 16.7. The first-order chi connectivity index (χ1) is 16.2. The summed E-state index contributed by atoms with van der Waals surface area (Å²) in [5.74, 6) is -0.239. The average Bonchev–Trinajstić information content (AvgIpc) is 3.07. The largest absolute Gasteiger partial charge is 0.380 e. The number of aromatic nitrogens is 2. The zero-order chi connectivity index (χ0) is 24.8. The lowest BCUT2D eigenvalue weighted by atomic mass is 10.1. The first-order valence-corrected chi connectivity index (χ1v) is 12.0. The van der Waals surface area contributed by atoms with E-state index >= 15 is 0 Å². The molecule has 0 fully saturated rings. The van der Waals surface area contributed by atoms with Crippen molar-refractivity contribution in [2.75, 3.05) is 12.9 Å². The fraction of sp³-hybridized carbons (Fsp3) is 0.250. The highest BCUT2D eigenvalue weighted by Crippen LogP contribution is 2.27. The maximum atomic E-state index is 12.3. The van der Waals surface area contributed by atoms with Gasteiger partial charge in [0.05, 0.1) is 34.2 Å². The van der Waals surface area contributed by atoms with Crippen molar-refractivity contribution in [2.45, 2.75) is 32.4 Å². The van der Waals surface area contributed by atoms with Crippen LogP contribution in [0.5, 0.6) is 0 Å². The lowest BCUT2D eigenvalue weighted by Crippen LogP contribution is -2.20. The standard InChI is InChI=1S/C24H23Cl2N5O2S/c1-14-7-18(12-33-4)20(10-27)24(29-14)34-13-23(32)30-28-11-17-8-15(2)31(16(17)3)19-5-6-21(25)22(26)9-19/h5-9,11H,12-13H2,1-4H3,(H,30,32)/b28-11+. The lowest BCUT2D eigenvalue weighted by molar-refractivity contribution is -0.118. The molecule has 0 saturated carbocycles. The van der Waals surface area contributed by atoms with Crippen molar-refractivity contribution in [3.05, 3.63) is 74.1 Å². The summed E-state index contributed by atoms with van der Waals surface area (Å²) in [6, 6.07) is 11.4. The number of thioether (sulfide) groups is 1. The van der Waals surface area contributed by atoms with E-state index in [2.05, 4.69) is 21.6 Å². The molecule has 0 aliphatic heterocycles. The Hall–Kier alpha value is -2.83. The van der Waals surface area contributed by atoms with Gasteiger partial charge in [0.25, 0.3) is 0 Å². The number of methoxy groups -OCH3 is 1. The van der Waals surface area contributed by atoms with Crippen LogP contribution in [0.25, 0.3) is 5.69 Å². The Morgan fingerprint density at radius 3 is 2.71 bits per heavy atom. The molecule has 0 saturated heterocycles. The molecule has 2 aromatic heterocycles. The lowest BCUT2D eigenvalue weighted by Gasteiger charge is -2.10. The third-order valence-corrected chi connectivity index (χ3v) is 6.69. The number of nitriles is 1. The van der Waals surface area contributed by atoms with E-state index in [1.165, 1.54) is 11.8 Å². The molecule has 10 heteroatoms. The number of benzene rings is 1. The number of ether oxygens (including phenoxy) is 1. The van der Waals surface area contributed by atoms with Gasteiger partial charge in [-0.05, 0) is 56.7 Å². The second-order valence-electron chi connectivity index (χ2n) is 7.49. The predicted octanol–water partition coefficient (Wildman–Crippen LogP) is 5.36. The number of hydrogen-bond donors (Lipinski definition) is 1. The molecule has 3 aromatic rings. The number of rotatable bonds is 8. The van der Waals surface area contributed by atoms with Gasteiger partial charge in [-0.15, -0.1) is 0 Å². The van der Waals surface area contributed by atoms with Gasteiger partial charge in [-0.2, -0.15) is 10.4 Å². The van der Waals surface area contributed by atoms with Gasteiger partial charge in [-0.25, -0.2) is 10.4 Å². The van der Waals surface area contributed by atoms with Crippen LogP contribution in [0.4, 0.5) is 0 Å². The zero-order valence-electron chi connectivity index (χ0n) is 19.1. The molecule has 1 aromatic carbocycles. The van der Waals surface area contributed by atoms with Gasteiger partial charge in [0.15, 0.2) is 0 Å². The van der Waals surface area contributed by atoms with E-state index < -0.39 is 0 Å². The SMILES string of the molecule is COCc1cc(C)nc(SCC(=O)N/N=C/c2cc(C)n(-c3ccc(Cl)c(Cl)c3)c2C)c1C#N. The monoisotopic (exact) mass is 515 g/mol. The molecule has 0 radical (unpaired) electrons. The topological polar surface area (TPSA) is 92.3 Å². The molecule has 3 rings (SSSR count). The maximum absolute atomic E-state index is 12.3. The van der Waals surface area contributed by atoms with Gasteiger partial charge in [0, 0.05) is 35.4 Å². The Labute approximate surface area is 212 Å². The fourth-order valence-corrected chi connectivity index (χ4v) is 4.64. The van der Waals surface area contributed by atoms with Gasteiger partial charge in [0.1, 0.15) is 11.1 Å². The molecule has 176 valence electrons. The minimum Gasteiger partial charge on any atom is -0.380 e. The molecular weight excluding hydrogens is 493 g/mol. The van der Waals surface area contributed by atoms with Crippen LogP contribution in [-0.4, -0.2) is 34.5 Å². The number of hydrazone groups is 1. The minimum atomic E-state index is -0.306. The van der Waals surface area contributed by atoms with Crippen molar-refractivity contribution in [1.29, 1.82) is 5.26 Å². The normalized spacial score (nSPS) is 11.1. The highest BCUT2D eigenvalue weighted by molar-refractivity contribution is 8.00. The van der Waals surface area contributed by atoms with Crippen LogP contribution in [0.2, 0.25) is 10.0 Å². The van der Waals surface area contributed by atoms with Crippen molar-refractivity contribution in [3.63, 3.8) is 0 Å². The quantitative estimate of drug-likeness (QED) is 0.247. The number of pyridine rings is 1. The Morgan fingerprint density at radius 2 is 2.03 bits per heavy atom.